The second-order valence-corrected chi connectivity index (χ2v) is 3.32. The van der Waals surface area contributed by atoms with Gasteiger partial charge in [-0.15, -0.1) is 0 Å². The number of carbonyl (C=O) groups excluding carboxylic acids is 2. The number of nitriles is 1. The van der Waals surface area contributed by atoms with Crippen molar-refractivity contribution in [1.82, 2.24) is 0 Å². The van der Waals surface area contributed by atoms with Crippen LogP contribution in [0.4, 0.5) is 11.4 Å². The number of nitrogens with one attached hydrogen (secondary N) is 2. The first kappa shape index (κ1) is 13.6. The van der Waals surface area contributed by atoms with Crippen molar-refractivity contribution >= 4 is 23.2 Å². The molecule has 0 aliphatic carbocycles. The van der Waals surface area contributed by atoms with E-state index in [0.717, 1.165) is 0 Å². The van der Waals surface area contributed by atoms with Gasteiger partial charge in [-0.2, -0.15) is 5.26 Å². The first-order valence-corrected chi connectivity index (χ1v) is 4.95. The highest BCUT2D eigenvalue weighted by Gasteiger charge is 2.06. The molecule has 0 aromatic heterocycles. The first-order chi connectivity index (χ1) is 8.58. The van der Waals surface area contributed by atoms with Crippen LogP contribution in [-0.4, -0.2) is 35.2 Å². The van der Waals surface area contributed by atoms with Crippen LogP contribution in [0.1, 0.15) is 5.56 Å². The number of benzene rings is 1. The molecule has 0 heterocycles. The Hall–Kier alpha value is -2.43. The van der Waals surface area contributed by atoms with Gasteiger partial charge in [0.05, 0.1) is 11.6 Å². The van der Waals surface area contributed by atoms with Crippen molar-refractivity contribution in [1.29, 1.82) is 5.26 Å². The second kappa shape index (κ2) is 6.34. The zero-order valence-electron chi connectivity index (χ0n) is 9.30. The molecule has 0 fully saturated rings. The quantitative estimate of drug-likeness (QED) is 0.568. The third kappa shape index (κ3) is 3.86. The van der Waals surface area contributed by atoms with Crippen LogP contribution >= 0.6 is 0 Å². The minimum Gasteiger partial charge on any atom is -0.387 e. The van der Waals surface area contributed by atoms with Crippen molar-refractivity contribution in [3.8, 4) is 6.07 Å². The Morgan fingerprint density at radius 3 is 1.83 bits per heavy atom. The SMILES string of the molecule is N#Cc1cc(NC(=O)CO)cc(NC(=O)CO)c1. The maximum absolute atomic E-state index is 11.0. The van der Waals surface area contributed by atoms with E-state index in [1.54, 1.807) is 0 Å². The summed E-state index contributed by atoms with van der Waals surface area (Å²) in [7, 11) is 0. The summed E-state index contributed by atoms with van der Waals surface area (Å²) in [5.74, 6) is -1.27. The number of anilines is 2. The zero-order chi connectivity index (χ0) is 13.5. The topological polar surface area (TPSA) is 122 Å². The van der Waals surface area contributed by atoms with Crippen molar-refractivity contribution in [2.45, 2.75) is 0 Å². The summed E-state index contributed by atoms with van der Waals surface area (Å²) in [5.41, 5.74) is 0.752. The summed E-state index contributed by atoms with van der Waals surface area (Å²) < 4.78 is 0. The van der Waals surface area contributed by atoms with Gasteiger partial charge in [-0.25, -0.2) is 0 Å². The van der Waals surface area contributed by atoms with Crippen LogP contribution in [0, 0.1) is 11.3 Å². The molecule has 7 heteroatoms. The Kier molecular flexibility index (Phi) is 4.80. The number of aliphatic hydroxyl groups is 2. The molecule has 1 rings (SSSR count). The van der Waals surface area contributed by atoms with Crippen molar-refractivity contribution in [2.75, 3.05) is 23.8 Å². The van der Waals surface area contributed by atoms with E-state index in [-0.39, 0.29) is 16.9 Å². The van der Waals surface area contributed by atoms with Gasteiger partial charge in [0.25, 0.3) is 0 Å². The molecule has 0 aliphatic heterocycles. The van der Waals surface area contributed by atoms with Gasteiger partial charge in [-0.1, -0.05) is 0 Å². The molecular formula is C11H11N3O4. The van der Waals surface area contributed by atoms with E-state index < -0.39 is 25.0 Å². The van der Waals surface area contributed by atoms with Gasteiger partial charge in [-0.3, -0.25) is 9.59 Å². The number of carbonyl (C=O) groups is 2. The van der Waals surface area contributed by atoms with Crippen LogP contribution in [0.2, 0.25) is 0 Å². The zero-order valence-corrected chi connectivity index (χ0v) is 9.30. The molecule has 0 saturated carbocycles. The van der Waals surface area contributed by atoms with Crippen molar-refractivity contribution < 1.29 is 19.8 Å². The van der Waals surface area contributed by atoms with Crippen LogP contribution < -0.4 is 10.6 Å². The molecule has 18 heavy (non-hydrogen) atoms. The summed E-state index contributed by atoms with van der Waals surface area (Å²) in [6.45, 7) is -1.37. The minimum atomic E-state index is -0.685. The van der Waals surface area contributed by atoms with E-state index in [1.165, 1.54) is 18.2 Å². The highest BCUT2D eigenvalue weighted by atomic mass is 16.3. The number of nitrogens with zero attached hydrogens (tertiary/aromatic N) is 1. The highest BCUT2D eigenvalue weighted by Crippen LogP contribution is 2.18. The lowest BCUT2D eigenvalue weighted by Crippen LogP contribution is -2.17. The van der Waals surface area contributed by atoms with Crippen LogP contribution in [0.15, 0.2) is 18.2 Å². The van der Waals surface area contributed by atoms with E-state index in [0.29, 0.717) is 0 Å². The lowest BCUT2D eigenvalue weighted by Gasteiger charge is -2.08. The van der Waals surface area contributed by atoms with Gasteiger partial charge < -0.3 is 20.8 Å². The molecule has 94 valence electrons. The maximum atomic E-state index is 11.0. The third-order valence-electron chi connectivity index (χ3n) is 1.92. The van der Waals surface area contributed by atoms with Crippen molar-refractivity contribution in [2.24, 2.45) is 0 Å². The molecule has 0 saturated heterocycles. The van der Waals surface area contributed by atoms with Gasteiger partial charge in [0.15, 0.2) is 0 Å². The fourth-order valence-corrected chi connectivity index (χ4v) is 1.24. The molecule has 0 spiro atoms. The Morgan fingerprint density at radius 1 is 1.06 bits per heavy atom. The largest absolute Gasteiger partial charge is 0.387 e. The average Bonchev–Trinajstić information content (AvgIpc) is 2.37. The van der Waals surface area contributed by atoms with E-state index in [4.69, 9.17) is 15.5 Å². The van der Waals surface area contributed by atoms with Gasteiger partial charge in [0.1, 0.15) is 13.2 Å². The monoisotopic (exact) mass is 249 g/mol. The van der Waals surface area contributed by atoms with E-state index in [9.17, 15) is 9.59 Å². The average molecular weight is 249 g/mol. The number of rotatable bonds is 4. The van der Waals surface area contributed by atoms with Crippen LogP contribution in [0.5, 0.6) is 0 Å². The molecule has 0 aliphatic rings. The molecule has 0 unspecified atom stereocenters. The molecular weight excluding hydrogens is 238 g/mol. The Bertz CT molecular complexity index is 471. The predicted octanol–water partition coefficient (Wildman–Crippen LogP) is -0.580. The number of aliphatic hydroxyl groups excluding tert-OH is 2. The predicted molar refractivity (Wildman–Crippen MR) is 62.6 cm³/mol. The molecule has 1 aromatic carbocycles. The Balaban J connectivity index is 2.98. The van der Waals surface area contributed by atoms with E-state index in [2.05, 4.69) is 10.6 Å². The summed E-state index contributed by atoms with van der Waals surface area (Å²) in [6.07, 6.45) is 0. The molecule has 2 amide bonds. The highest BCUT2D eigenvalue weighted by molar-refractivity contribution is 5.95. The van der Waals surface area contributed by atoms with Crippen LogP contribution in [-0.2, 0) is 9.59 Å². The fraction of sp³-hybridized carbons (Fsp3) is 0.182. The van der Waals surface area contributed by atoms with E-state index >= 15 is 0 Å². The van der Waals surface area contributed by atoms with Crippen molar-refractivity contribution in [3.05, 3.63) is 23.8 Å². The lowest BCUT2D eigenvalue weighted by molar-refractivity contribution is -0.119. The van der Waals surface area contributed by atoms with Crippen LogP contribution in [0.3, 0.4) is 0 Å². The van der Waals surface area contributed by atoms with Gasteiger partial charge in [0, 0.05) is 11.4 Å². The third-order valence-corrected chi connectivity index (χ3v) is 1.92. The fourth-order valence-electron chi connectivity index (χ4n) is 1.24. The molecule has 0 atom stereocenters. The summed E-state index contributed by atoms with van der Waals surface area (Å²) >= 11 is 0. The van der Waals surface area contributed by atoms with Crippen LogP contribution in [0.25, 0.3) is 0 Å². The lowest BCUT2D eigenvalue weighted by atomic mass is 10.2. The molecule has 7 nitrogen and oxygen atoms in total. The molecule has 1 aromatic rings. The summed E-state index contributed by atoms with van der Waals surface area (Å²) in [5, 5.41) is 30.7. The molecule has 4 N–H and O–H groups in total. The molecule has 0 radical (unpaired) electrons. The summed E-state index contributed by atoms with van der Waals surface area (Å²) in [6, 6.07) is 6.05. The van der Waals surface area contributed by atoms with Gasteiger partial charge in [-0.05, 0) is 18.2 Å². The Labute approximate surface area is 103 Å². The second-order valence-electron chi connectivity index (χ2n) is 3.32. The number of hydrogen-bond donors (Lipinski definition) is 4. The standard InChI is InChI=1S/C11H11N3O4/c12-4-7-1-8(13-10(17)5-15)3-9(2-7)14-11(18)6-16/h1-3,15-16H,5-6H2,(H,13,17)(H,14,18). The number of amides is 2. The van der Waals surface area contributed by atoms with E-state index in [1.807, 2.05) is 6.07 Å². The maximum Gasteiger partial charge on any atom is 0.250 e. The number of hydrogen-bond acceptors (Lipinski definition) is 5. The first-order valence-electron chi connectivity index (χ1n) is 4.95. The van der Waals surface area contributed by atoms with Gasteiger partial charge in [0.2, 0.25) is 11.8 Å². The van der Waals surface area contributed by atoms with Crippen molar-refractivity contribution in [3.63, 3.8) is 0 Å². The normalized spacial score (nSPS) is 9.39. The molecule has 0 bridgehead atoms. The smallest absolute Gasteiger partial charge is 0.250 e. The van der Waals surface area contributed by atoms with Gasteiger partial charge >= 0.3 is 0 Å². The minimum absolute atomic E-state index is 0.221. The summed E-state index contributed by atoms with van der Waals surface area (Å²) in [4.78, 5) is 22.0. The Morgan fingerprint density at radius 2 is 1.50 bits per heavy atom.